The van der Waals surface area contributed by atoms with Crippen LogP contribution in [0.4, 0.5) is 0 Å². The monoisotopic (exact) mass is 261 g/mol. The second-order valence-corrected chi connectivity index (χ2v) is 4.52. The SMILES string of the molecule is CC(=N)Cc1cccc(CC(=O)NCCC(N)=O)c1. The summed E-state index contributed by atoms with van der Waals surface area (Å²) in [4.78, 5) is 22.2. The Morgan fingerprint density at radius 2 is 1.89 bits per heavy atom. The maximum absolute atomic E-state index is 11.6. The predicted molar refractivity (Wildman–Crippen MR) is 74.1 cm³/mol. The van der Waals surface area contributed by atoms with Gasteiger partial charge in [0.1, 0.15) is 0 Å². The molecule has 0 aliphatic carbocycles. The smallest absolute Gasteiger partial charge is 0.224 e. The Kier molecular flexibility index (Phi) is 5.73. The van der Waals surface area contributed by atoms with Gasteiger partial charge < -0.3 is 16.5 Å². The van der Waals surface area contributed by atoms with Crippen molar-refractivity contribution < 1.29 is 9.59 Å². The third-order valence-electron chi connectivity index (χ3n) is 2.52. The molecule has 1 aromatic carbocycles. The normalized spacial score (nSPS) is 9.95. The molecule has 0 aliphatic heterocycles. The Labute approximate surface area is 112 Å². The number of nitrogens with two attached hydrogens (primary N) is 1. The van der Waals surface area contributed by atoms with Crippen molar-refractivity contribution in [2.75, 3.05) is 6.54 Å². The number of amides is 2. The zero-order valence-electron chi connectivity index (χ0n) is 11.0. The highest BCUT2D eigenvalue weighted by atomic mass is 16.2. The van der Waals surface area contributed by atoms with Crippen LogP contribution in [-0.2, 0) is 22.4 Å². The van der Waals surface area contributed by atoms with E-state index in [1.165, 1.54) is 0 Å². The molecule has 0 fully saturated rings. The Bertz CT molecular complexity index is 483. The first-order valence-electron chi connectivity index (χ1n) is 6.14. The molecule has 0 atom stereocenters. The summed E-state index contributed by atoms with van der Waals surface area (Å²) >= 11 is 0. The van der Waals surface area contributed by atoms with E-state index in [2.05, 4.69) is 5.32 Å². The van der Waals surface area contributed by atoms with Gasteiger partial charge in [-0.3, -0.25) is 9.59 Å². The fraction of sp³-hybridized carbons (Fsp3) is 0.357. The van der Waals surface area contributed by atoms with E-state index in [4.69, 9.17) is 11.1 Å². The maximum Gasteiger partial charge on any atom is 0.224 e. The zero-order valence-corrected chi connectivity index (χ0v) is 11.0. The van der Waals surface area contributed by atoms with Crippen molar-refractivity contribution in [1.82, 2.24) is 5.32 Å². The fourth-order valence-electron chi connectivity index (χ4n) is 1.73. The minimum Gasteiger partial charge on any atom is -0.370 e. The predicted octanol–water partition coefficient (Wildman–Crippen LogP) is 0.803. The number of nitrogens with one attached hydrogen (secondary N) is 2. The number of carbonyl (C=O) groups is 2. The summed E-state index contributed by atoms with van der Waals surface area (Å²) in [5.74, 6) is -0.561. The first-order chi connectivity index (χ1) is 8.97. The molecule has 0 heterocycles. The number of primary amides is 1. The van der Waals surface area contributed by atoms with E-state index in [-0.39, 0.29) is 25.3 Å². The van der Waals surface area contributed by atoms with E-state index in [1.807, 2.05) is 24.3 Å². The Balaban J connectivity index is 2.49. The van der Waals surface area contributed by atoms with Crippen molar-refractivity contribution in [3.05, 3.63) is 35.4 Å². The van der Waals surface area contributed by atoms with Crippen molar-refractivity contribution in [3.63, 3.8) is 0 Å². The third kappa shape index (κ3) is 6.35. The second kappa shape index (κ2) is 7.31. The molecule has 5 nitrogen and oxygen atoms in total. The lowest BCUT2D eigenvalue weighted by molar-refractivity contribution is -0.120. The third-order valence-corrected chi connectivity index (χ3v) is 2.52. The van der Waals surface area contributed by atoms with Gasteiger partial charge in [0.15, 0.2) is 0 Å². The summed E-state index contributed by atoms with van der Waals surface area (Å²) in [6, 6.07) is 7.61. The van der Waals surface area contributed by atoms with Gasteiger partial charge in [0.05, 0.1) is 6.42 Å². The summed E-state index contributed by atoms with van der Waals surface area (Å²) in [5, 5.41) is 10.1. The van der Waals surface area contributed by atoms with Crippen LogP contribution in [0.1, 0.15) is 24.5 Å². The second-order valence-electron chi connectivity index (χ2n) is 4.52. The molecule has 0 spiro atoms. The zero-order chi connectivity index (χ0) is 14.3. The average molecular weight is 261 g/mol. The molecule has 0 unspecified atom stereocenters. The van der Waals surface area contributed by atoms with E-state index in [9.17, 15) is 9.59 Å². The molecule has 19 heavy (non-hydrogen) atoms. The summed E-state index contributed by atoms with van der Waals surface area (Å²) in [5.41, 5.74) is 7.49. The van der Waals surface area contributed by atoms with Crippen LogP contribution in [0.25, 0.3) is 0 Å². The van der Waals surface area contributed by atoms with E-state index >= 15 is 0 Å². The van der Waals surface area contributed by atoms with Crippen molar-refractivity contribution in [2.45, 2.75) is 26.2 Å². The Hall–Kier alpha value is -2.17. The fourth-order valence-corrected chi connectivity index (χ4v) is 1.73. The lowest BCUT2D eigenvalue weighted by atomic mass is 10.0. The van der Waals surface area contributed by atoms with E-state index in [0.717, 1.165) is 11.1 Å². The summed E-state index contributed by atoms with van der Waals surface area (Å²) in [7, 11) is 0. The highest BCUT2D eigenvalue weighted by Gasteiger charge is 2.05. The molecule has 0 bridgehead atoms. The number of hydrogen-bond donors (Lipinski definition) is 3. The van der Waals surface area contributed by atoms with Gasteiger partial charge in [0.2, 0.25) is 11.8 Å². The minimum absolute atomic E-state index is 0.134. The molecule has 0 aliphatic rings. The molecule has 102 valence electrons. The van der Waals surface area contributed by atoms with Crippen LogP contribution in [0.15, 0.2) is 24.3 Å². The highest BCUT2D eigenvalue weighted by Crippen LogP contribution is 2.07. The molecular weight excluding hydrogens is 242 g/mol. The Morgan fingerprint density at radius 3 is 2.47 bits per heavy atom. The van der Waals surface area contributed by atoms with Crippen LogP contribution >= 0.6 is 0 Å². The van der Waals surface area contributed by atoms with Gasteiger partial charge in [0, 0.05) is 25.1 Å². The van der Waals surface area contributed by atoms with E-state index in [0.29, 0.717) is 12.1 Å². The molecule has 1 aromatic rings. The van der Waals surface area contributed by atoms with Crippen LogP contribution in [0, 0.1) is 5.41 Å². The first-order valence-corrected chi connectivity index (χ1v) is 6.14. The van der Waals surface area contributed by atoms with Crippen molar-refractivity contribution in [2.24, 2.45) is 5.73 Å². The highest BCUT2D eigenvalue weighted by molar-refractivity contribution is 5.82. The lowest BCUT2D eigenvalue weighted by Crippen LogP contribution is -2.29. The lowest BCUT2D eigenvalue weighted by Gasteiger charge is -2.06. The molecule has 0 radical (unpaired) electrons. The molecule has 4 N–H and O–H groups in total. The van der Waals surface area contributed by atoms with Gasteiger partial charge in [-0.2, -0.15) is 0 Å². The average Bonchev–Trinajstić information content (AvgIpc) is 2.27. The number of carbonyl (C=O) groups excluding carboxylic acids is 2. The van der Waals surface area contributed by atoms with Crippen LogP contribution in [0.5, 0.6) is 0 Å². The molecule has 0 saturated heterocycles. The van der Waals surface area contributed by atoms with Gasteiger partial charge >= 0.3 is 0 Å². The van der Waals surface area contributed by atoms with Gasteiger partial charge in [-0.25, -0.2) is 0 Å². The summed E-state index contributed by atoms with van der Waals surface area (Å²) < 4.78 is 0. The maximum atomic E-state index is 11.6. The molecular formula is C14H19N3O2. The molecule has 5 heteroatoms. The van der Waals surface area contributed by atoms with E-state index < -0.39 is 5.91 Å². The number of hydrogen-bond acceptors (Lipinski definition) is 3. The van der Waals surface area contributed by atoms with Gasteiger partial charge in [-0.15, -0.1) is 0 Å². The van der Waals surface area contributed by atoms with E-state index in [1.54, 1.807) is 6.92 Å². The number of rotatable bonds is 7. The van der Waals surface area contributed by atoms with Crippen LogP contribution in [0.2, 0.25) is 0 Å². The van der Waals surface area contributed by atoms with Gasteiger partial charge in [0.25, 0.3) is 0 Å². The molecule has 0 saturated carbocycles. The van der Waals surface area contributed by atoms with Crippen molar-refractivity contribution >= 4 is 17.5 Å². The standard InChI is InChI=1S/C14H19N3O2/c1-10(15)7-11-3-2-4-12(8-11)9-14(19)17-6-5-13(16)18/h2-4,8,15H,5-7,9H2,1H3,(H2,16,18)(H,17,19). The topological polar surface area (TPSA) is 96.0 Å². The van der Waals surface area contributed by atoms with Crippen LogP contribution in [-0.4, -0.2) is 24.1 Å². The Morgan fingerprint density at radius 1 is 1.26 bits per heavy atom. The van der Waals surface area contributed by atoms with Crippen LogP contribution < -0.4 is 11.1 Å². The van der Waals surface area contributed by atoms with Crippen molar-refractivity contribution in [1.29, 1.82) is 5.41 Å². The summed E-state index contributed by atoms with van der Waals surface area (Å²) in [6.45, 7) is 2.02. The van der Waals surface area contributed by atoms with Gasteiger partial charge in [-0.05, 0) is 18.1 Å². The molecule has 0 aromatic heterocycles. The van der Waals surface area contributed by atoms with Crippen LogP contribution in [0.3, 0.4) is 0 Å². The van der Waals surface area contributed by atoms with Gasteiger partial charge in [-0.1, -0.05) is 24.3 Å². The van der Waals surface area contributed by atoms with Crippen molar-refractivity contribution in [3.8, 4) is 0 Å². The molecule has 2 amide bonds. The quantitative estimate of drug-likeness (QED) is 0.633. The first kappa shape index (κ1) is 14.9. The largest absolute Gasteiger partial charge is 0.370 e. The summed E-state index contributed by atoms with van der Waals surface area (Å²) in [6.07, 6.45) is 1.01. The molecule has 1 rings (SSSR count). The minimum atomic E-state index is -0.427. The number of benzene rings is 1.